The quantitative estimate of drug-likeness (QED) is 0.501. The minimum absolute atomic E-state index is 0.646. The van der Waals surface area contributed by atoms with Gasteiger partial charge in [-0.15, -0.1) is 0 Å². The van der Waals surface area contributed by atoms with Crippen LogP contribution in [0.5, 0.6) is 0 Å². The summed E-state index contributed by atoms with van der Waals surface area (Å²) >= 11 is 0. The van der Waals surface area contributed by atoms with E-state index in [9.17, 15) is 0 Å². The average Bonchev–Trinajstić information content (AvgIpc) is 2.82. The van der Waals surface area contributed by atoms with Gasteiger partial charge in [0, 0.05) is 0 Å². The number of H-pyrrole nitrogens is 1. The SMILES string of the molecule is Nc1ccccc1N.c1ncc2[nH]ncc2n1. The molecule has 0 amide bonds. The number of nitrogens with zero attached hydrogens (tertiary/aromatic N) is 3. The molecule has 0 radical (unpaired) electrons. The zero-order valence-electron chi connectivity index (χ0n) is 9.04. The average molecular weight is 228 g/mol. The number of nitrogen functional groups attached to an aromatic ring is 2. The Balaban J connectivity index is 0.000000128. The number of hydrogen-bond acceptors (Lipinski definition) is 5. The highest BCUT2D eigenvalue weighted by Crippen LogP contribution is 2.10. The molecule has 0 spiro atoms. The highest BCUT2D eigenvalue weighted by Gasteiger charge is 1.90. The number of rotatable bonds is 0. The van der Waals surface area contributed by atoms with Gasteiger partial charge >= 0.3 is 0 Å². The van der Waals surface area contributed by atoms with Crippen molar-refractivity contribution in [1.82, 2.24) is 20.2 Å². The summed E-state index contributed by atoms with van der Waals surface area (Å²) < 4.78 is 0. The summed E-state index contributed by atoms with van der Waals surface area (Å²) in [6.45, 7) is 0. The molecule has 17 heavy (non-hydrogen) atoms. The van der Waals surface area contributed by atoms with Crippen LogP contribution in [0, 0.1) is 0 Å². The molecule has 5 N–H and O–H groups in total. The molecule has 1 aromatic carbocycles. The second-order valence-electron chi connectivity index (χ2n) is 3.32. The van der Waals surface area contributed by atoms with Gasteiger partial charge in [0.05, 0.1) is 23.8 Å². The van der Waals surface area contributed by atoms with Crippen molar-refractivity contribution in [1.29, 1.82) is 0 Å². The second kappa shape index (κ2) is 4.93. The molecule has 0 unspecified atom stereocenters. The van der Waals surface area contributed by atoms with Crippen LogP contribution in [0.25, 0.3) is 11.0 Å². The number of anilines is 2. The lowest BCUT2D eigenvalue weighted by Crippen LogP contribution is -1.91. The highest BCUT2D eigenvalue weighted by molar-refractivity contribution is 5.71. The van der Waals surface area contributed by atoms with Crippen LogP contribution in [-0.2, 0) is 0 Å². The third-order valence-electron chi connectivity index (χ3n) is 2.11. The fraction of sp³-hybridized carbons (Fsp3) is 0. The Kier molecular flexibility index (Phi) is 3.15. The van der Waals surface area contributed by atoms with Gasteiger partial charge in [0.15, 0.2) is 0 Å². The molecular formula is C11H12N6. The number of nitrogens with two attached hydrogens (primary N) is 2. The van der Waals surface area contributed by atoms with Crippen LogP contribution in [0.3, 0.4) is 0 Å². The molecular weight excluding hydrogens is 216 g/mol. The third kappa shape index (κ3) is 2.69. The van der Waals surface area contributed by atoms with Gasteiger partial charge in [-0.25, -0.2) is 9.97 Å². The fourth-order valence-corrected chi connectivity index (χ4v) is 1.20. The van der Waals surface area contributed by atoms with Crippen LogP contribution in [-0.4, -0.2) is 20.2 Å². The molecule has 2 aromatic heterocycles. The summed E-state index contributed by atoms with van der Waals surface area (Å²) in [5.41, 5.74) is 13.8. The lowest BCUT2D eigenvalue weighted by Gasteiger charge is -1.94. The Labute approximate surface area is 97.7 Å². The van der Waals surface area contributed by atoms with E-state index in [1.807, 2.05) is 12.1 Å². The number of aromatic nitrogens is 4. The van der Waals surface area contributed by atoms with E-state index < -0.39 is 0 Å². The van der Waals surface area contributed by atoms with E-state index in [1.165, 1.54) is 6.33 Å². The number of fused-ring (bicyclic) bond motifs is 1. The number of hydrogen-bond donors (Lipinski definition) is 3. The third-order valence-corrected chi connectivity index (χ3v) is 2.11. The molecule has 0 bridgehead atoms. The fourth-order valence-electron chi connectivity index (χ4n) is 1.20. The van der Waals surface area contributed by atoms with E-state index in [4.69, 9.17) is 11.5 Å². The molecule has 6 nitrogen and oxygen atoms in total. The summed E-state index contributed by atoms with van der Waals surface area (Å²) in [6.07, 6.45) is 4.85. The molecule has 0 saturated heterocycles. The van der Waals surface area contributed by atoms with Crippen LogP contribution < -0.4 is 11.5 Å². The molecule has 0 atom stereocenters. The second-order valence-corrected chi connectivity index (χ2v) is 3.32. The number of nitrogens with one attached hydrogen (secondary N) is 1. The minimum atomic E-state index is 0.646. The number of aromatic amines is 1. The van der Waals surface area contributed by atoms with Gasteiger partial charge in [-0.05, 0) is 12.1 Å². The van der Waals surface area contributed by atoms with Gasteiger partial charge < -0.3 is 11.5 Å². The van der Waals surface area contributed by atoms with Crippen LogP contribution in [0.15, 0.2) is 43.0 Å². The molecule has 86 valence electrons. The summed E-state index contributed by atoms with van der Waals surface area (Å²) in [5.74, 6) is 0. The molecule has 3 aromatic rings. The van der Waals surface area contributed by atoms with Crippen molar-refractivity contribution >= 4 is 22.4 Å². The van der Waals surface area contributed by atoms with Crippen LogP contribution in [0.4, 0.5) is 11.4 Å². The van der Waals surface area contributed by atoms with Gasteiger partial charge in [0.25, 0.3) is 0 Å². The molecule has 6 heteroatoms. The highest BCUT2D eigenvalue weighted by atomic mass is 15.1. The van der Waals surface area contributed by atoms with Crippen molar-refractivity contribution < 1.29 is 0 Å². The first kappa shape index (κ1) is 10.9. The Bertz CT molecular complexity index is 552. The van der Waals surface area contributed by atoms with E-state index in [-0.39, 0.29) is 0 Å². The molecule has 0 aliphatic carbocycles. The Morgan fingerprint density at radius 1 is 1.00 bits per heavy atom. The zero-order chi connectivity index (χ0) is 12.1. The predicted octanol–water partition coefficient (Wildman–Crippen LogP) is 1.20. The zero-order valence-corrected chi connectivity index (χ0v) is 9.04. The van der Waals surface area contributed by atoms with Crippen molar-refractivity contribution in [2.24, 2.45) is 0 Å². The standard InChI is InChI=1S/C6H8N2.C5H4N4/c7-5-3-1-2-4-6(5)8;1-5-4(2-8-9-5)7-3-6-1/h1-4H,7-8H2;1-3H,(H,8,9). The van der Waals surface area contributed by atoms with E-state index in [0.29, 0.717) is 11.4 Å². The maximum absolute atomic E-state index is 5.39. The normalized spacial score (nSPS) is 9.65. The van der Waals surface area contributed by atoms with Crippen LogP contribution in [0.2, 0.25) is 0 Å². The maximum atomic E-state index is 5.39. The van der Waals surface area contributed by atoms with Gasteiger partial charge in [0.2, 0.25) is 0 Å². The van der Waals surface area contributed by atoms with Crippen molar-refractivity contribution in [2.45, 2.75) is 0 Å². The van der Waals surface area contributed by atoms with Gasteiger partial charge in [0.1, 0.15) is 17.4 Å². The van der Waals surface area contributed by atoms with E-state index in [2.05, 4.69) is 20.2 Å². The van der Waals surface area contributed by atoms with Crippen molar-refractivity contribution in [2.75, 3.05) is 11.5 Å². The first-order chi connectivity index (χ1) is 8.27. The summed E-state index contributed by atoms with van der Waals surface area (Å²) in [6, 6.07) is 7.25. The lowest BCUT2D eigenvalue weighted by molar-refractivity contribution is 1.11. The summed E-state index contributed by atoms with van der Waals surface area (Å²) in [5, 5.41) is 6.52. The number of para-hydroxylation sites is 2. The summed E-state index contributed by atoms with van der Waals surface area (Å²) in [4.78, 5) is 7.74. The largest absolute Gasteiger partial charge is 0.397 e. The topological polar surface area (TPSA) is 106 Å². The van der Waals surface area contributed by atoms with Crippen LogP contribution in [0.1, 0.15) is 0 Å². The van der Waals surface area contributed by atoms with Gasteiger partial charge in [-0.1, -0.05) is 12.1 Å². The van der Waals surface area contributed by atoms with Gasteiger partial charge in [-0.2, -0.15) is 5.10 Å². The molecule has 0 aliphatic rings. The van der Waals surface area contributed by atoms with Gasteiger partial charge in [-0.3, -0.25) is 5.10 Å². The van der Waals surface area contributed by atoms with E-state index >= 15 is 0 Å². The molecule has 2 heterocycles. The number of benzene rings is 1. The van der Waals surface area contributed by atoms with Crippen molar-refractivity contribution in [3.8, 4) is 0 Å². The Morgan fingerprint density at radius 3 is 2.29 bits per heavy atom. The smallest absolute Gasteiger partial charge is 0.116 e. The molecule has 3 rings (SSSR count). The molecule has 0 saturated carbocycles. The van der Waals surface area contributed by atoms with Crippen molar-refractivity contribution in [3.63, 3.8) is 0 Å². The summed E-state index contributed by atoms with van der Waals surface area (Å²) in [7, 11) is 0. The van der Waals surface area contributed by atoms with E-state index in [0.717, 1.165) is 11.0 Å². The van der Waals surface area contributed by atoms with E-state index in [1.54, 1.807) is 24.5 Å². The Morgan fingerprint density at radius 2 is 1.71 bits per heavy atom. The minimum Gasteiger partial charge on any atom is -0.397 e. The predicted molar refractivity (Wildman–Crippen MR) is 67.0 cm³/mol. The monoisotopic (exact) mass is 228 g/mol. The Hall–Kier alpha value is -2.63. The maximum Gasteiger partial charge on any atom is 0.116 e. The first-order valence-electron chi connectivity index (χ1n) is 4.96. The lowest BCUT2D eigenvalue weighted by atomic mass is 10.3. The van der Waals surface area contributed by atoms with Crippen LogP contribution >= 0.6 is 0 Å². The molecule has 0 fully saturated rings. The molecule has 0 aliphatic heterocycles. The first-order valence-corrected chi connectivity index (χ1v) is 4.96. The van der Waals surface area contributed by atoms with Crippen molar-refractivity contribution in [3.05, 3.63) is 43.0 Å².